The number of hydrogen-bond donors (Lipinski definition) is 1. The minimum Gasteiger partial charge on any atom is -0.492 e. The van der Waals surface area contributed by atoms with Crippen LogP contribution < -0.4 is 19.9 Å². The molecular formula is C42H46F3N7O5S. The Balaban J connectivity index is 1.01. The van der Waals surface area contributed by atoms with Gasteiger partial charge in [-0.2, -0.15) is 18.4 Å². The topological polar surface area (TPSA) is 139 Å². The van der Waals surface area contributed by atoms with Crippen LogP contribution in [0.1, 0.15) is 68.5 Å². The summed E-state index contributed by atoms with van der Waals surface area (Å²) in [5.74, 6) is -0.473. The molecule has 3 aromatic rings. The number of hydrogen-bond acceptors (Lipinski definition) is 10. The summed E-state index contributed by atoms with van der Waals surface area (Å²) < 4.78 is 47.5. The zero-order chi connectivity index (χ0) is 41.9. The molecule has 1 N–H and O–H groups in total. The van der Waals surface area contributed by atoms with Crippen molar-refractivity contribution in [3.8, 4) is 11.8 Å². The van der Waals surface area contributed by atoms with Crippen molar-refractivity contribution >= 4 is 52.2 Å². The molecule has 3 fully saturated rings. The molecule has 0 bridgehead atoms. The summed E-state index contributed by atoms with van der Waals surface area (Å²) in [5.41, 5.74) is -0.152. The maximum atomic E-state index is 13.7. The Morgan fingerprint density at radius 2 is 1.84 bits per heavy atom. The van der Waals surface area contributed by atoms with Gasteiger partial charge in [-0.25, -0.2) is 4.98 Å². The monoisotopic (exact) mass is 817 g/mol. The number of rotatable bonds is 13. The number of ketones is 1. The highest BCUT2D eigenvalue weighted by Crippen LogP contribution is 2.40. The number of nitriles is 1. The smallest absolute Gasteiger partial charge is 0.419 e. The molecule has 12 nitrogen and oxygen atoms in total. The van der Waals surface area contributed by atoms with E-state index in [4.69, 9.17) is 17.0 Å². The van der Waals surface area contributed by atoms with Gasteiger partial charge in [-0.1, -0.05) is 31.2 Å². The summed E-state index contributed by atoms with van der Waals surface area (Å²) >= 11 is 5.69. The van der Waals surface area contributed by atoms with E-state index in [-0.39, 0.29) is 40.4 Å². The van der Waals surface area contributed by atoms with Gasteiger partial charge in [-0.15, -0.1) is 0 Å². The molecule has 0 radical (unpaired) electrons. The van der Waals surface area contributed by atoms with Crippen molar-refractivity contribution < 1.29 is 37.1 Å². The summed E-state index contributed by atoms with van der Waals surface area (Å²) in [7, 11) is 0. The highest BCUT2D eigenvalue weighted by molar-refractivity contribution is 7.81. The van der Waals surface area contributed by atoms with E-state index in [0.717, 1.165) is 53.5 Å². The third kappa shape index (κ3) is 9.22. The minimum atomic E-state index is -4.86. The molecule has 58 heavy (non-hydrogen) atoms. The number of aryl methyl sites for hydroxylation is 1. The first-order valence-corrected chi connectivity index (χ1v) is 19.7. The number of aromatic nitrogens is 1. The van der Waals surface area contributed by atoms with Gasteiger partial charge < -0.3 is 9.64 Å². The summed E-state index contributed by atoms with van der Waals surface area (Å²) in [6, 6.07) is 15.5. The molecule has 0 unspecified atom stereocenters. The molecule has 0 saturated carbocycles. The molecule has 2 atom stereocenters. The highest BCUT2D eigenvalue weighted by Gasteiger charge is 2.51. The predicted octanol–water partition coefficient (Wildman–Crippen LogP) is 5.24. The molecule has 3 amide bonds. The first-order chi connectivity index (χ1) is 27.5. The number of imide groups is 1. The summed E-state index contributed by atoms with van der Waals surface area (Å²) in [5, 5.41) is 11.6. The van der Waals surface area contributed by atoms with Crippen LogP contribution >= 0.6 is 12.2 Å². The maximum absolute atomic E-state index is 13.7. The Bertz CT molecular complexity index is 2160. The Labute approximate surface area is 340 Å². The average molecular weight is 818 g/mol. The number of pyridine rings is 1. The van der Waals surface area contributed by atoms with E-state index in [1.165, 1.54) is 6.07 Å². The van der Waals surface area contributed by atoms with Gasteiger partial charge in [0.2, 0.25) is 11.8 Å². The Kier molecular flexibility index (Phi) is 12.6. The second-order valence-electron chi connectivity index (χ2n) is 15.5. The molecule has 1 aromatic heterocycles. The first-order valence-electron chi connectivity index (χ1n) is 19.3. The molecular weight excluding hydrogens is 772 g/mol. The number of alkyl halides is 3. The highest BCUT2D eigenvalue weighted by atomic mass is 32.1. The zero-order valence-corrected chi connectivity index (χ0v) is 33.7. The Hall–Kier alpha value is -5.24. The second kappa shape index (κ2) is 17.3. The minimum absolute atomic E-state index is 0.0171. The molecule has 0 spiro atoms. The number of nitrogens with zero attached hydrogens (tertiary/aromatic N) is 6. The third-order valence-electron chi connectivity index (χ3n) is 11.0. The number of thiocarbonyl (C=S) groups is 1. The SMILES string of the molecule is CCc1cc(N2C(=S)N(c3cnc(C#N)c(C(F)(F)F)c3)C(=O)C2(C)C)ccc1OCCN1CCN(CC(=O)Cc2cccc(C[C@@H]3CCC(=O)NC3=O)c2)[C@H](C)C1. The van der Waals surface area contributed by atoms with Crippen molar-refractivity contribution in [3.63, 3.8) is 0 Å². The first kappa shape index (κ1) is 42.4. The van der Waals surface area contributed by atoms with Gasteiger partial charge in [-0.3, -0.25) is 39.2 Å². The summed E-state index contributed by atoms with van der Waals surface area (Å²) in [4.78, 5) is 61.3. The number of amides is 3. The van der Waals surface area contributed by atoms with E-state index in [2.05, 4.69) is 27.0 Å². The number of benzene rings is 2. The van der Waals surface area contributed by atoms with Crippen molar-refractivity contribution in [1.82, 2.24) is 20.1 Å². The van der Waals surface area contributed by atoms with E-state index in [1.54, 1.807) is 24.8 Å². The average Bonchev–Trinajstić information content (AvgIpc) is 3.35. The van der Waals surface area contributed by atoms with E-state index >= 15 is 0 Å². The fraction of sp³-hybridized carbons (Fsp3) is 0.452. The van der Waals surface area contributed by atoms with Gasteiger partial charge in [0, 0.05) is 56.7 Å². The van der Waals surface area contributed by atoms with Crippen LogP contribution in [-0.4, -0.2) is 94.3 Å². The quantitative estimate of drug-likeness (QED) is 0.179. The number of carbonyl (C=O) groups excluding carboxylic acids is 4. The van der Waals surface area contributed by atoms with Crippen LogP contribution in [0.15, 0.2) is 54.7 Å². The third-order valence-corrected chi connectivity index (χ3v) is 11.4. The zero-order valence-electron chi connectivity index (χ0n) is 32.9. The fourth-order valence-electron chi connectivity index (χ4n) is 7.85. The van der Waals surface area contributed by atoms with Gasteiger partial charge in [0.1, 0.15) is 24.0 Å². The van der Waals surface area contributed by atoms with Gasteiger partial charge in [-0.05, 0) is 93.2 Å². The van der Waals surface area contributed by atoms with E-state index < -0.39 is 28.9 Å². The van der Waals surface area contributed by atoms with Crippen molar-refractivity contribution in [1.29, 1.82) is 5.26 Å². The lowest BCUT2D eigenvalue weighted by atomic mass is 9.90. The van der Waals surface area contributed by atoms with Gasteiger partial charge in [0.25, 0.3) is 5.91 Å². The predicted molar refractivity (Wildman–Crippen MR) is 214 cm³/mol. The number of Topliss-reactive ketones (excluding diaryl/α,β-unsaturated/α-hetero) is 1. The summed E-state index contributed by atoms with van der Waals surface area (Å²) in [6.07, 6.45) is -1.51. The number of halogens is 3. The van der Waals surface area contributed by atoms with E-state index in [0.29, 0.717) is 63.2 Å². The lowest BCUT2D eigenvalue weighted by molar-refractivity contribution is -0.138. The Morgan fingerprint density at radius 3 is 2.53 bits per heavy atom. The van der Waals surface area contributed by atoms with Crippen molar-refractivity contribution in [2.75, 3.05) is 49.1 Å². The Morgan fingerprint density at radius 1 is 1.09 bits per heavy atom. The standard InChI is InChI=1S/C42H46F3N7O5S/c1-5-29-20-31(52-40(58)51(39(56)41(52,3)4)32-21-34(42(43,44)45)35(22-46)47-23-32)10-11-36(29)57-16-15-49-13-14-50(26(2)24-49)25-33(53)19-28-8-6-7-27(17-28)18-30-9-12-37(54)48-38(30)55/h6-8,10-11,17,20-21,23,26,30H,5,9,12-16,18-19,24-25H2,1-4H3,(H,48,54,55)/t26-,30+/m1/s1. The number of piperidine rings is 1. The van der Waals surface area contributed by atoms with Crippen LogP contribution in [0.4, 0.5) is 24.5 Å². The molecule has 3 saturated heterocycles. The molecule has 4 heterocycles. The van der Waals surface area contributed by atoms with E-state index in [9.17, 15) is 37.6 Å². The van der Waals surface area contributed by atoms with Crippen LogP contribution in [0, 0.1) is 17.2 Å². The van der Waals surface area contributed by atoms with Crippen LogP contribution in [0.2, 0.25) is 0 Å². The van der Waals surface area contributed by atoms with Crippen LogP contribution in [-0.2, 0) is 44.6 Å². The molecule has 2 aromatic carbocycles. The number of nitrogens with one attached hydrogen (secondary N) is 1. The number of piperazine rings is 1. The molecule has 6 rings (SSSR count). The molecule has 16 heteroatoms. The normalized spacial score (nSPS) is 20.3. The number of anilines is 2. The van der Waals surface area contributed by atoms with Gasteiger partial charge >= 0.3 is 6.18 Å². The van der Waals surface area contributed by atoms with Gasteiger partial charge in [0.15, 0.2) is 16.6 Å². The van der Waals surface area contributed by atoms with Crippen molar-refractivity contribution in [3.05, 3.63) is 82.7 Å². The van der Waals surface area contributed by atoms with Crippen LogP contribution in [0.5, 0.6) is 5.75 Å². The van der Waals surface area contributed by atoms with Crippen LogP contribution in [0.25, 0.3) is 0 Å². The largest absolute Gasteiger partial charge is 0.492 e. The lowest BCUT2D eigenvalue weighted by Gasteiger charge is -2.39. The summed E-state index contributed by atoms with van der Waals surface area (Å²) in [6.45, 7) is 11.1. The molecule has 3 aliphatic rings. The van der Waals surface area contributed by atoms with E-state index in [1.807, 2.05) is 43.3 Å². The molecule has 306 valence electrons. The fourth-order valence-corrected chi connectivity index (χ4v) is 8.37. The number of carbonyl (C=O) groups is 4. The van der Waals surface area contributed by atoms with Crippen molar-refractivity contribution in [2.24, 2.45) is 5.92 Å². The van der Waals surface area contributed by atoms with Crippen LogP contribution in [0.3, 0.4) is 0 Å². The lowest BCUT2D eigenvalue weighted by Crippen LogP contribution is -2.53. The second-order valence-corrected chi connectivity index (χ2v) is 15.9. The van der Waals surface area contributed by atoms with Crippen molar-refractivity contribution in [2.45, 2.75) is 77.6 Å². The maximum Gasteiger partial charge on any atom is 0.419 e. The molecule has 3 aliphatic heterocycles. The van der Waals surface area contributed by atoms with Gasteiger partial charge in [0.05, 0.1) is 24.0 Å². The molecule has 0 aliphatic carbocycles. The number of ether oxygens (including phenoxy) is 1.